The van der Waals surface area contributed by atoms with E-state index >= 15 is 0 Å². The average Bonchev–Trinajstić information content (AvgIpc) is 2.71. The monoisotopic (exact) mass is 339 g/mol. The number of halogens is 2. The summed E-state index contributed by atoms with van der Waals surface area (Å²) in [6.07, 6.45) is 2.74. The normalized spacial score (nSPS) is 22.3. The molecule has 22 heavy (non-hydrogen) atoms. The van der Waals surface area contributed by atoms with Crippen LogP contribution in [0, 0.1) is 0 Å². The van der Waals surface area contributed by atoms with Crippen LogP contribution in [0.4, 0.5) is 0 Å². The summed E-state index contributed by atoms with van der Waals surface area (Å²) in [5.41, 5.74) is 1.80. The predicted octanol–water partition coefficient (Wildman–Crippen LogP) is 4.26. The summed E-state index contributed by atoms with van der Waals surface area (Å²) < 4.78 is 0. The van der Waals surface area contributed by atoms with E-state index in [-0.39, 0.29) is 5.91 Å². The molecule has 3 rings (SSSR count). The Morgan fingerprint density at radius 3 is 2.32 bits per heavy atom. The Balaban J connectivity index is 2.01. The van der Waals surface area contributed by atoms with Crippen LogP contribution in [0.1, 0.15) is 45.1 Å². The van der Waals surface area contributed by atoms with Crippen LogP contribution < -0.4 is 0 Å². The molecule has 0 aromatic heterocycles. The third-order valence-corrected chi connectivity index (χ3v) is 5.15. The number of benzene rings is 1. The summed E-state index contributed by atoms with van der Waals surface area (Å²) in [5.74, 6) is -0.0664. The number of aliphatic hydroxyl groups excluding tert-OH is 1. The van der Waals surface area contributed by atoms with Crippen molar-refractivity contribution >= 4 is 29.1 Å². The van der Waals surface area contributed by atoms with Crippen LogP contribution in [0.15, 0.2) is 29.3 Å². The molecule has 1 aromatic rings. The van der Waals surface area contributed by atoms with Gasteiger partial charge >= 0.3 is 0 Å². The second-order valence-corrected chi connectivity index (χ2v) is 7.35. The maximum Gasteiger partial charge on any atom is 0.252 e. The summed E-state index contributed by atoms with van der Waals surface area (Å²) in [5, 5.41) is 11.7. The van der Waals surface area contributed by atoms with E-state index in [0.29, 0.717) is 10.0 Å². The van der Waals surface area contributed by atoms with Crippen LogP contribution in [0.5, 0.6) is 0 Å². The molecule has 3 nitrogen and oxygen atoms in total. The number of carbonyl (C=O) groups is 1. The topological polar surface area (TPSA) is 40.5 Å². The fraction of sp³-hybridized carbons (Fsp3) is 0.471. The Bertz CT molecular complexity index is 646. The van der Waals surface area contributed by atoms with Gasteiger partial charge in [0.15, 0.2) is 6.23 Å². The molecular weight excluding hydrogens is 321 g/mol. The highest BCUT2D eigenvalue weighted by Gasteiger charge is 2.46. The van der Waals surface area contributed by atoms with E-state index in [2.05, 4.69) is 0 Å². The first-order valence-corrected chi connectivity index (χ1v) is 8.28. The minimum absolute atomic E-state index is 0.0664. The van der Waals surface area contributed by atoms with Gasteiger partial charge in [-0.05, 0) is 68.9 Å². The van der Waals surface area contributed by atoms with Crippen molar-refractivity contribution in [1.29, 1.82) is 0 Å². The zero-order valence-electron chi connectivity index (χ0n) is 12.7. The lowest BCUT2D eigenvalue weighted by atomic mass is 9.92. The summed E-state index contributed by atoms with van der Waals surface area (Å²) in [4.78, 5) is 14.3. The maximum atomic E-state index is 12.8. The van der Waals surface area contributed by atoms with E-state index in [4.69, 9.17) is 23.2 Å². The van der Waals surface area contributed by atoms with Crippen LogP contribution in [0.25, 0.3) is 0 Å². The van der Waals surface area contributed by atoms with Crippen LogP contribution in [0.2, 0.25) is 10.0 Å². The van der Waals surface area contributed by atoms with Gasteiger partial charge < -0.3 is 10.0 Å². The first-order valence-electron chi connectivity index (χ1n) is 7.52. The van der Waals surface area contributed by atoms with Gasteiger partial charge in [-0.2, -0.15) is 0 Å². The van der Waals surface area contributed by atoms with E-state index in [1.54, 1.807) is 23.1 Å². The number of hydrogen-bond acceptors (Lipinski definition) is 2. The van der Waals surface area contributed by atoms with E-state index < -0.39 is 11.8 Å². The predicted molar refractivity (Wildman–Crippen MR) is 87.8 cm³/mol. The molecule has 1 unspecified atom stereocenters. The van der Waals surface area contributed by atoms with Crippen molar-refractivity contribution in [2.45, 2.75) is 51.3 Å². The smallest absolute Gasteiger partial charge is 0.252 e. The molecule has 1 heterocycles. The lowest BCUT2D eigenvalue weighted by Crippen LogP contribution is -2.48. The fourth-order valence-corrected chi connectivity index (χ4v) is 4.00. The third kappa shape index (κ3) is 2.45. The largest absolute Gasteiger partial charge is 0.369 e. The molecule has 2 aliphatic rings. The molecule has 1 N–H and O–H groups in total. The highest BCUT2D eigenvalue weighted by Crippen LogP contribution is 2.42. The van der Waals surface area contributed by atoms with Gasteiger partial charge in [0.05, 0.1) is 5.54 Å². The van der Waals surface area contributed by atoms with Gasteiger partial charge in [0.1, 0.15) is 0 Å². The number of rotatable bonds is 2. The van der Waals surface area contributed by atoms with Crippen molar-refractivity contribution in [3.8, 4) is 0 Å². The van der Waals surface area contributed by atoms with Gasteiger partial charge in [0.25, 0.3) is 5.91 Å². The van der Waals surface area contributed by atoms with Crippen LogP contribution in [-0.2, 0) is 10.3 Å². The number of nitrogens with zero attached hydrogens (tertiary/aromatic N) is 1. The summed E-state index contributed by atoms with van der Waals surface area (Å²) in [6, 6.07) is 5.25. The second kappa shape index (κ2) is 5.55. The summed E-state index contributed by atoms with van der Waals surface area (Å²) >= 11 is 12.2. The lowest BCUT2D eigenvalue weighted by molar-refractivity contribution is -0.140. The van der Waals surface area contributed by atoms with E-state index in [9.17, 15) is 9.90 Å². The molecule has 5 heteroatoms. The fourth-order valence-electron chi connectivity index (χ4n) is 3.48. The van der Waals surface area contributed by atoms with Crippen molar-refractivity contribution < 1.29 is 9.90 Å². The van der Waals surface area contributed by atoms with Crippen molar-refractivity contribution in [1.82, 2.24) is 4.90 Å². The first-order chi connectivity index (χ1) is 10.3. The molecule has 0 saturated heterocycles. The van der Waals surface area contributed by atoms with Gasteiger partial charge in [-0.3, -0.25) is 4.79 Å². The highest BCUT2D eigenvalue weighted by molar-refractivity contribution is 6.34. The Kier molecular flexibility index (Phi) is 4.00. The highest BCUT2D eigenvalue weighted by atomic mass is 35.5. The Morgan fingerprint density at radius 1 is 1.14 bits per heavy atom. The number of amides is 1. The van der Waals surface area contributed by atoms with Crippen LogP contribution in [0.3, 0.4) is 0 Å². The third-order valence-electron chi connectivity index (χ3n) is 4.71. The van der Waals surface area contributed by atoms with Gasteiger partial charge in [-0.1, -0.05) is 23.2 Å². The molecule has 1 aliphatic carbocycles. The van der Waals surface area contributed by atoms with E-state index in [0.717, 1.165) is 42.4 Å². The molecule has 118 valence electrons. The molecule has 0 radical (unpaired) electrons. The van der Waals surface area contributed by atoms with Crippen molar-refractivity contribution in [3.05, 3.63) is 45.0 Å². The lowest BCUT2D eigenvalue weighted by Gasteiger charge is -2.39. The molecule has 0 spiro atoms. The zero-order chi connectivity index (χ0) is 16.1. The average molecular weight is 340 g/mol. The van der Waals surface area contributed by atoms with E-state index in [1.807, 2.05) is 13.8 Å². The molecule has 0 bridgehead atoms. The molecule has 1 atom stereocenters. The minimum atomic E-state index is -0.851. The SMILES string of the molecule is CC(C)(c1cc(Cl)cc(Cl)c1)N1C(=O)C2=C(CCCC2)C1O. The van der Waals surface area contributed by atoms with Gasteiger partial charge in [0.2, 0.25) is 0 Å². The molecule has 1 aliphatic heterocycles. The number of hydrogen-bond donors (Lipinski definition) is 1. The number of aliphatic hydroxyl groups is 1. The van der Waals surface area contributed by atoms with Crippen molar-refractivity contribution in [2.75, 3.05) is 0 Å². The Labute approximate surface area is 140 Å². The summed E-state index contributed by atoms with van der Waals surface area (Å²) in [6.45, 7) is 3.82. The minimum Gasteiger partial charge on any atom is -0.369 e. The van der Waals surface area contributed by atoms with Gasteiger partial charge in [0, 0.05) is 15.6 Å². The van der Waals surface area contributed by atoms with Gasteiger partial charge in [-0.15, -0.1) is 0 Å². The molecule has 0 fully saturated rings. The molecule has 1 aromatic carbocycles. The zero-order valence-corrected chi connectivity index (χ0v) is 14.2. The standard InChI is InChI=1S/C17H19Cl2NO2/c1-17(2,10-7-11(18)9-12(19)8-10)20-15(21)13-5-3-4-6-14(13)16(20)22/h7-9,15,21H,3-6H2,1-2H3. The van der Waals surface area contributed by atoms with Crippen molar-refractivity contribution in [2.24, 2.45) is 0 Å². The van der Waals surface area contributed by atoms with Crippen molar-refractivity contribution in [3.63, 3.8) is 0 Å². The van der Waals surface area contributed by atoms with Crippen LogP contribution in [-0.4, -0.2) is 22.1 Å². The maximum absolute atomic E-state index is 12.8. The van der Waals surface area contributed by atoms with Crippen LogP contribution >= 0.6 is 23.2 Å². The quantitative estimate of drug-likeness (QED) is 0.874. The van der Waals surface area contributed by atoms with Gasteiger partial charge in [-0.25, -0.2) is 0 Å². The second-order valence-electron chi connectivity index (χ2n) is 6.48. The molecular formula is C17H19Cl2NO2. The first kappa shape index (κ1) is 15.9. The summed E-state index contributed by atoms with van der Waals surface area (Å²) in [7, 11) is 0. The molecule has 0 saturated carbocycles. The Morgan fingerprint density at radius 2 is 1.73 bits per heavy atom. The number of carbonyl (C=O) groups excluding carboxylic acids is 1. The molecule has 1 amide bonds. The van der Waals surface area contributed by atoms with E-state index in [1.165, 1.54) is 0 Å². The Hall–Kier alpha value is -1.03.